The van der Waals surface area contributed by atoms with Crippen LogP contribution in [-0.4, -0.2) is 9.13 Å². The maximum absolute atomic E-state index is 14.7. The molecule has 4 rings (SSSR count). The molecule has 0 atom stereocenters. The van der Waals surface area contributed by atoms with Gasteiger partial charge >= 0.3 is 24.7 Å². The Hall–Kier alpha value is -4.90. The molecule has 2 aromatic carbocycles. The van der Waals surface area contributed by atoms with Gasteiger partial charge in [-0.2, -0.15) is 52.7 Å². The smallest absolute Gasteiger partial charge is 0.269 e. The molecule has 0 N–H and O–H groups in total. The predicted octanol–water partition coefficient (Wildman–Crippen LogP) is 6.07. The van der Waals surface area contributed by atoms with Gasteiger partial charge in [-0.05, 0) is 42.8 Å². The zero-order valence-corrected chi connectivity index (χ0v) is 22.5. The summed E-state index contributed by atoms with van der Waals surface area (Å²) in [5, 5.41) is -4.23. The van der Waals surface area contributed by atoms with E-state index in [2.05, 4.69) is 0 Å². The third-order valence-electron chi connectivity index (χ3n) is 6.66. The first kappa shape index (κ1) is 34.0. The summed E-state index contributed by atoms with van der Waals surface area (Å²) in [4.78, 5) is 53.7. The van der Waals surface area contributed by atoms with Crippen molar-refractivity contribution in [3.8, 4) is 11.4 Å². The number of rotatable bonds is 3. The van der Waals surface area contributed by atoms with Crippen LogP contribution in [0.3, 0.4) is 0 Å². The Morgan fingerprint density at radius 3 is 1.41 bits per heavy atom. The Bertz CT molecular complexity index is 2180. The minimum absolute atomic E-state index is 0.0993. The number of hydrogen-bond donors (Lipinski definition) is 0. The van der Waals surface area contributed by atoms with Gasteiger partial charge < -0.3 is 0 Å². The molecule has 6 nitrogen and oxygen atoms in total. The summed E-state index contributed by atoms with van der Waals surface area (Å²) in [6.07, 6.45) is -23.3. The van der Waals surface area contributed by atoms with Gasteiger partial charge in [0.05, 0.1) is 44.1 Å². The van der Waals surface area contributed by atoms with Crippen LogP contribution in [0.1, 0.15) is 34.7 Å². The molecule has 2 aliphatic heterocycles. The number of alkyl halides is 12. The third kappa shape index (κ3) is 6.02. The average molecular weight is 670 g/mol. The summed E-state index contributed by atoms with van der Waals surface area (Å²) < 4.78 is 167. The van der Waals surface area contributed by atoms with E-state index in [1.54, 1.807) is 0 Å². The highest BCUT2D eigenvalue weighted by Crippen LogP contribution is 2.35. The second-order valence-corrected chi connectivity index (χ2v) is 9.53. The lowest BCUT2D eigenvalue weighted by Crippen LogP contribution is -2.33. The van der Waals surface area contributed by atoms with E-state index in [1.165, 1.54) is 0 Å². The van der Waals surface area contributed by atoms with Crippen molar-refractivity contribution in [3.63, 3.8) is 0 Å². The molecule has 0 saturated carbocycles. The average Bonchev–Trinajstić information content (AvgIpc) is 3.18. The van der Waals surface area contributed by atoms with Crippen molar-refractivity contribution in [2.75, 3.05) is 0 Å². The minimum Gasteiger partial charge on any atom is -0.269 e. The van der Waals surface area contributed by atoms with E-state index in [1.807, 2.05) is 0 Å². The summed E-state index contributed by atoms with van der Waals surface area (Å²) >= 11 is 0. The van der Waals surface area contributed by atoms with Gasteiger partial charge in [-0.15, -0.1) is 0 Å². The van der Waals surface area contributed by atoms with Crippen LogP contribution in [0.25, 0.3) is 11.4 Å². The second-order valence-electron chi connectivity index (χ2n) is 9.53. The zero-order valence-electron chi connectivity index (χ0n) is 22.5. The van der Waals surface area contributed by atoms with E-state index >= 15 is 0 Å². The fourth-order valence-corrected chi connectivity index (χ4v) is 4.75. The Morgan fingerprint density at radius 2 is 1.00 bits per heavy atom. The molecule has 0 amide bonds. The van der Waals surface area contributed by atoms with Crippen LogP contribution in [0, 0.1) is 10.4 Å². The number of nitrogens with zero attached hydrogens (tertiary/aromatic N) is 2. The second kappa shape index (κ2) is 11.2. The summed E-state index contributed by atoms with van der Waals surface area (Å²) in [5.74, 6) is 0. The Kier molecular flexibility index (Phi) is 8.25. The topological polar surface area (TPSA) is 78.1 Å². The third-order valence-corrected chi connectivity index (χ3v) is 6.66. The fourth-order valence-electron chi connectivity index (χ4n) is 4.75. The van der Waals surface area contributed by atoms with E-state index in [-0.39, 0.29) is 12.1 Å². The molecule has 244 valence electrons. The standard InChI is InChI=1S/C28H14F12N2O4/c1-2-16-21(28(38,39)40)20-19(23(45)42(24(20)46)15-8-4-6-13(10-15)26(32,33)34)17(27(35,36)37)11-18(43)41(22(16)44)14-7-3-5-12(9-14)25(29,30)31/h3-11H,2H2,1H3. The Balaban J connectivity index is 2.44. The summed E-state index contributed by atoms with van der Waals surface area (Å²) in [7, 11) is 0. The largest absolute Gasteiger partial charge is 0.417 e. The van der Waals surface area contributed by atoms with Gasteiger partial charge in [-0.25, -0.2) is 9.13 Å². The molecular formula is C28H14F12N2O4. The van der Waals surface area contributed by atoms with Crippen molar-refractivity contribution < 1.29 is 52.7 Å². The molecule has 0 bridgehead atoms. The van der Waals surface area contributed by atoms with Crippen LogP contribution in [-0.2, 0) is 31.1 Å². The summed E-state index contributed by atoms with van der Waals surface area (Å²) in [6.45, 7) is 0.829. The first-order valence-corrected chi connectivity index (χ1v) is 12.5. The molecular weight excluding hydrogens is 656 g/mol. The highest BCUT2D eigenvalue weighted by molar-refractivity contribution is 5.43. The van der Waals surface area contributed by atoms with Gasteiger partial charge in [-0.1, -0.05) is 19.1 Å². The fraction of sp³-hybridized carbons (Fsp3) is 0.214. The van der Waals surface area contributed by atoms with E-state index in [9.17, 15) is 71.9 Å². The quantitative estimate of drug-likeness (QED) is 0.248. The molecule has 46 heavy (non-hydrogen) atoms. The van der Waals surface area contributed by atoms with Crippen LogP contribution < -0.4 is 22.2 Å². The van der Waals surface area contributed by atoms with Crippen molar-refractivity contribution in [2.24, 2.45) is 0 Å². The van der Waals surface area contributed by atoms with E-state index < -0.39 is 118 Å². The van der Waals surface area contributed by atoms with Gasteiger partial charge in [0.15, 0.2) is 0 Å². The first-order valence-electron chi connectivity index (χ1n) is 12.5. The maximum Gasteiger partial charge on any atom is 0.417 e. The van der Waals surface area contributed by atoms with Gasteiger partial charge in [0.2, 0.25) is 0 Å². The molecule has 0 unspecified atom stereocenters. The van der Waals surface area contributed by atoms with Crippen molar-refractivity contribution in [1.29, 1.82) is 0 Å². The van der Waals surface area contributed by atoms with Crippen molar-refractivity contribution in [1.82, 2.24) is 9.13 Å². The van der Waals surface area contributed by atoms with Crippen molar-refractivity contribution in [3.05, 3.63) is 134 Å². The minimum atomic E-state index is -5.95. The maximum atomic E-state index is 14.7. The molecule has 2 heterocycles. The molecule has 0 radical (unpaired) electrons. The van der Waals surface area contributed by atoms with Crippen molar-refractivity contribution in [2.45, 2.75) is 38.0 Å². The van der Waals surface area contributed by atoms with E-state index in [4.69, 9.17) is 0 Å². The van der Waals surface area contributed by atoms with Gasteiger partial charge in [0.25, 0.3) is 22.2 Å². The van der Waals surface area contributed by atoms with Crippen LogP contribution in [0.15, 0.2) is 73.8 Å². The van der Waals surface area contributed by atoms with Gasteiger partial charge in [0.1, 0.15) is 0 Å². The van der Waals surface area contributed by atoms with Crippen molar-refractivity contribution >= 4 is 0 Å². The normalized spacial score (nSPS) is 12.9. The monoisotopic (exact) mass is 670 g/mol. The molecule has 2 aliphatic rings. The molecule has 2 aromatic rings. The van der Waals surface area contributed by atoms with Crippen LogP contribution in [0.5, 0.6) is 0 Å². The summed E-state index contributed by atoms with van der Waals surface area (Å²) in [6, 6.07) is 2.94. The lowest BCUT2D eigenvalue weighted by molar-refractivity contribution is -0.140. The Morgan fingerprint density at radius 1 is 0.543 bits per heavy atom. The molecule has 0 aromatic heterocycles. The molecule has 0 aliphatic carbocycles. The van der Waals surface area contributed by atoms with Gasteiger partial charge in [-0.3, -0.25) is 19.2 Å². The molecule has 0 spiro atoms. The number of hydrogen-bond acceptors (Lipinski definition) is 4. The number of halogens is 12. The van der Waals surface area contributed by atoms with Crippen LogP contribution >= 0.6 is 0 Å². The SMILES string of the molecule is CCc1c(C(F)(F)F)c2c(=O)n(-c3cccc(C(F)(F)F)c3)c(=O)c=2c(C(F)(F)F)cc(=O)n(-c2cccc(C(F)(F)F)c2)c1=O. The molecule has 0 fully saturated rings. The number of aromatic nitrogens is 2. The lowest BCUT2D eigenvalue weighted by Gasteiger charge is -2.12. The van der Waals surface area contributed by atoms with E-state index in [0.717, 1.165) is 6.92 Å². The highest BCUT2D eigenvalue weighted by Gasteiger charge is 2.41. The van der Waals surface area contributed by atoms with E-state index in [0.29, 0.717) is 36.4 Å². The van der Waals surface area contributed by atoms with Crippen LogP contribution in [0.4, 0.5) is 52.7 Å². The zero-order chi connectivity index (χ0) is 34.7. The molecule has 18 heteroatoms. The van der Waals surface area contributed by atoms with Gasteiger partial charge in [0, 0.05) is 11.6 Å². The number of benzene rings is 2. The summed E-state index contributed by atoms with van der Waals surface area (Å²) in [5.41, 5.74) is -20.6. The highest BCUT2D eigenvalue weighted by atomic mass is 19.4. The predicted molar refractivity (Wildman–Crippen MR) is 135 cm³/mol. The molecule has 0 saturated heterocycles. The first-order chi connectivity index (χ1) is 21.0. The lowest BCUT2D eigenvalue weighted by atomic mass is 10.0. The van der Waals surface area contributed by atoms with Crippen LogP contribution in [0.2, 0.25) is 0 Å². The Labute approximate surface area is 246 Å².